The Labute approximate surface area is 132 Å². The van der Waals surface area contributed by atoms with Gasteiger partial charge in [0.15, 0.2) is 0 Å². The molecule has 0 saturated carbocycles. The molecule has 1 aliphatic rings. The molecule has 1 aliphatic heterocycles. The van der Waals surface area contributed by atoms with E-state index in [1.165, 1.54) is 6.20 Å². The van der Waals surface area contributed by atoms with E-state index in [-0.39, 0.29) is 11.5 Å². The van der Waals surface area contributed by atoms with Crippen LogP contribution < -0.4 is 10.6 Å². The van der Waals surface area contributed by atoms with Gasteiger partial charge >= 0.3 is 0 Å². The van der Waals surface area contributed by atoms with Crippen LogP contribution in [0.25, 0.3) is 0 Å². The summed E-state index contributed by atoms with van der Waals surface area (Å²) in [7, 11) is 0. The summed E-state index contributed by atoms with van der Waals surface area (Å²) in [6, 6.07) is 1.91. The number of hydrogen-bond acceptors (Lipinski definition) is 6. The predicted octanol–water partition coefficient (Wildman–Crippen LogP) is -0.142. The van der Waals surface area contributed by atoms with E-state index in [4.69, 9.17) is 14.7 Å². The number of hydrogen-bond donors (Lipinski definition) is 2. The zero-order chi connectivity index (χ0) is 16.0. The van der Waals surface area contributed by atoms with E-state index < -0.39 is 0 Å². The largest absolute Gasteiger partial charge is 0.390 e. The van der Waals surface area contributed by atoms with E-state index in [9.17, 15) is 4.79 Å². The predicted molar refractivity (Wildman–Crippen MR) is 83.1 cm³/mol. The fourth-order valence-electron chi connectivity index (χ4n) is 1.99. The third-order valence-electron chi connectivity index (χ3n) is 3.24. The lowest BCUT2D eigenvalue weighted by molar-refractivity contribution is -0.117. The minimum atomic E-state index is -0.340. The first kappa shape index (κ1) is 18.4. The lowest BCUT2D eigenvalue weighted by Gasteiger charge is -2.26. The molecule has 0 atom stereocenters. The maximum atomic E-state index is 11.9. The number of morpholine rings is 1. The number of carbonyl (C=O) groups is 1. The fourth-order valence-corrected chi connectivity index (χ4v) is 1.99. The van der Waals surface area contributed by atoms with E-state index >= 15 is 0 Å². The Balaban J connectivity index is 2.18. The van der Waals surface area contributed by atoms with Crippen LogP contribution in [0.3, 0.4) is 0 Å². The van der Waals surface area contributed by atoms with Crippen molar-refractivity contribution >= 4 is 5.91 Å². The van der Waals surface area contributed by atoms with E-state index in [1.807, 2.05) is 13.0 Å². The van der Waals surface area contributed by atoms with Crippen molar-refractivity contribution in [3.63, 3.8) is 0 Å². The van der Waals surface area contributed by atoms with Gasteiger partial charge in [-0.05, 0) is 13.3 Å². The number of ether oxygens (including phenoxy) is 2. The third-order valence-corrected chi connectivity index (χ3v) is 3.24. The maximum Gasteiger partial charge on any atom is 0.263 e. The van der Waals surface area contributed by atoms with E-state index in [0.717, 1.165) is 39.3 Å². The number of nitriles is 1. The first-order valence-corrected chi connectivity index (χ1v) is 7.77. The van der Waals surface area contributed by atoms with Crippen molar-refractivity contribution in [1.29, 1.82) is 5.26 Å². The zero-order valence-corrected chi connectivity index (χ0v) is 13.3. The van der Waals surface area contributed by atoms with Crippen molar-refractivity contribution in [1.82, 2.24) is 15.5 Å². The van der Waals surface area contributed by atoms with Gasteiger partial charge in [0.2, 0.25) is 0 Å². The summed E-state index contributed by atoms with van der Waals surface area (Å²) < 4.78 is 10.5. The van der Waals surface area contributed by atoms with E-state index in [0.29, 0.717) is 26.3 Å². The second-order valence-corrected chi connectivity index (χ2v) is 4.88. The van der Waals surface area contributed by atoms with Crippen LogP contribution in [0.1, 0.15) is 13.3 Å². The summed E-state index contributed by atoms with van der Waals surface area (Å²) in [6.45, 7) is 8.55. The Kier molecular flexibility index (Phi) is 10.0. The summed E-state index contributed by atoms with van der Waals surface area (Å²) in [5.41, 5.74) is 0.0957. The van der Waals surface area contributed by atoms with Crippen LogP contribution in [0.5, 0.6) is 0 Å². The van der Waals surface area contributed by atoms with Gasteiger partial charge in [-0.15, -0.1) is 0 Å². The summed E-state index contributed by atoms with van der Waals surface area (Å²) in [6.07, 6.45) is 2.30. The monoisotopic (exact) mass is 310 g/mol. The van der Waals surface area contributed by atoms with Gasteiger partial charge in [-0.3, -0.25) is 9.69 Å². The Morgan fingerprint density at radius 3 is 2.86 bits per heavy atom. The SMILES string of the molecule is CCOCCCN/C=C(/C#N)C(=O)NCCN1CCOCC1. The van der Waals surface area contributed by atoms with Crippen LogP contribution in [0.2, 0.25) is 0 Å². The summed E-state index contributed by atoms with van der Waals surface area (Å²) in [4.78, 5) is 14.1. The molecule has 0 unspecified atom stereocenters. The number of carbonyl (C=O) groups excluding carboxylic acids is 1. The number of rotatable bonds is 10. The molecule has 0 aliphatic carbocycles. The number of nitrogens with zero attached hydrogens (tertiary/aromatic N) is 2. The molecular weight excluding hydrogens is 284 g/mol. The molecule has 1 heterocycles. The highest BCUT2D eigenvalue weighted by Gasteiger charge is 2.11. The highest BCUT2D eigenvalue weighted by atomic mass is 16.5. The number of amides is 1. The first-order chi connectivity index (χ1) is 10.8. The smallest absolute Gasteiger partial charge is 0.263 e. The maximum absolute atomic E-state index is 11.9. The lowest BCUT2D eigenvalue weighted by atomic mass is 10.3. The van der Waals surface area contributed by atoms with Crippen LogP contribution in [-0.4, -0.2) is 70.0 Å². The van der Waals surface area contributed by atoms with Gasteiger partial charge in [0.1, 0.15) is 11.6 Å². The minimum absolute atomic E-state index is 0.0957. The van der Waals surface area contributed by atoms with Gasteiger partial charge in [-0.1, -0.05) is 0 Å². The molecule has 0 spiro atoms. The molecule has 7 nitrogen and oxygen atoms in total. The van der Waals surface area contributed by atoms with E-state index in [2.05, 4.69) is 15.5 Å². The highest BCUT2D eigenvalue weighted by Crippen LogP contribution is 1.96. The highest BCUT2D eigenvalue weighted by molar-refractivity contribution is 5.97. The molecule has 1 amide bonds. The Morgan fingerprint density at radius 1 is 1.41 bits per heavy atom. The van der Waals surface area contributed by atoms with Gasteiger partial charge in [0.05, 0.1) is 13.2 Å². The standard InChI is InChI=1S/C15H26N4O3/c1-2-21-9-3-4-17-13-14(12-16)15(20)18-5-6-19-7-10-22-11-8-19/h13,17H,2-11H2,1H3,(H,18,20)/b14-13-. The van der Waals surface area contributed by atoms with Gasteiger partial charge in [-0.25, -0.2) is 0 Å². The lowest BCUT2D eigenvalue weighted by Crippen LogP contribution is -2.41. The van der Waals surface area contributed by atoms with Crippen molar-refractivity contribution < 1.29 is 14.3 Å². The first-order valence-electron chi connectivity index (χ1n) is 7.77. The molecule has 0 aromatic heterocycles. The minimum Gasteiger partial charge on any atom is -0.390 e. The van der Waals surface area contributed by atoms with Gasteiger partial charge in [0, 0.05) is 52.1 Å². The van der Waals surface area contributed by atoms with Crippen molar-refractivity contribution in [3.8, 4) is 6.07 Å². The molecule has 2 N–H and O–H groups in total. The molecule has 0 aromatic carbocycles. The fraction of sp³-hybridized carbons (Fsp3) is 0.733. The quantitative estimate of drug-likeness (QED) is 0.332. The molecule has 1 fully saturated rings. The molecule has 1 saturated heterocycles. The molecule has 0 bridgehead atoms. The van der Waals surface area contributed by atoms with Crippen molar-refractivity contribution in [2.75, 3.05) is 59.2 Å². The normalized spacial score (nSPS) is 16.1. The molecule has 1 rings (SSSR count). The summed E-state index contributed by atoms with van der Waals surface area (Å²) in [5, 5.41) is 14.7. The van der Waals surface area contributed by atoms with Gasteiger partial charge in [-0.2, -0.15) is 5.26 Å². The van der Waals surface area contributed by atoms with Crippen molar-refractivity contribution in [3.05, 3.63) is 11.8 Å². The molecule has 0 aromatic rings. The molecule has 22 heavy (non-hydrogen) atoms. The Hall–Kier alpha value is -1.62. The van der Waals surface area contributed by atoms with E-state index in [1.54, 1.807) is 0 Å². The van der Waals surface area contributed by atoms with Crippen LogP contribution in [-0.2, 0) is 14.3 Å². The summed E-state index contributed by atoms with van der Waals surface area (Å²) in [5.74, 6) is -0.340. The molecule has 0 radical (unpaired) electrons. The van der Waals surface area contributed by atoms with Crippen molar-refractivity contribution in [2.24, 2.45) is 0 Å². The zero-order valence-electron chi connectivity index (χ0n) is 13.3. The van der Waals surface area contributed by atoms with Crippen LogP contribution in [0.15, 0.2) is 11.8 Å². The second kappa shape index (κ2) is 12.0. The van der Waals surface area contributed by atoms with Crippen LogP contribution in [0.4, 0.5) is 0 Å². The number of nitrogens with one attached hydrogen (secondary N) is 2. The Morgan fingerprint density at radius 2 is 2.18 bits per heavy atom. The molecular formula is C15H26N4O3. The Bertz CT molecular complexity index is 387. The molecule has 7 heteroatoms. The van der Waals surface area contributed by atoms with Crippen LogP contribution >= 0.6 is 0 Å². The van der Waals surface area contributed by atoms with Crippen molar-refractivity contribution in [2.45, 2.75) is 13.3 Å². The van der Waals surface area contributed by atoms with Gasteiger partial charge in [0.25, 0.3) is 5.91 Å². The summed E-state index contributed by atoms with van der Waals surface area (Å²) >= 11 is 0. The molecule has 124 valence electrons. The average Bonchev–Trinajstić information content (AvgIpc) is 2.55. The van der Waals surface area contributed by atoms with Gasteiger partial charge < -0.3 is 20.1 Å². The third kappa shape index (κ3) is 7.98. The second-order valence-electron chi connectivity index (χ2n) is 4.88. The average molecular weight is 310 g/mol. The van der Waals surface area contributed by atoms with Crippen LogP contribution in [0, 0.1) is 11.3 Å². The topological polar surface area (TPSA) is 86.6 Å².